The molecule has 0 radical (unpaired) electrons. The second-order valence-corrected chi connectivity index (χ2v) is 6.26. The molecule has 0 fully saturated rings. The number of carbonyl (C=O) groups is 1. The Morgan fingerprint density at radius 1 is 1.33 bits per heavy atom. The van der Waals surface area contributed by atoms with Crippen LogP contribution in [0.15, 0.2) is 0 Å². The molecule has 0 aliphatic carbocycles. The molecule has 1 amide bonds. The predicted octanol–water partition coefficient (Wildman–Crippen LogP) is -0.607. The number of rotatable bonds is 7. The predicted molar refractivity (Wildman–Crippen MR) is 60.4 cm³/mol. The van der Waals surface area contributed by atoms with Gasteiger partial charge in [-0.3, -0.25) is 4.79 Å². The number of carbonyl (C=O) groups excluding carboxylic acids is 1. The lowest BCUT2D eigenvalue weighted by Gasteiger charge is -2.08. The summed E-state index contributed by atoms with van der Waals surface area (Å²) in [6.07, 6.45) is 1.17. The SMILES string of the molecule is CC(C)CNC(=O)CNCCS(C)(=O)=O. The van der Waals surface area contributed by atoms with Crippen LogP contribution in [0.1, 0.15) is 13.8 Å². The lowest BCUT2D eigenvalue weighted by atomic mass is 10.2. The highest BCUT2D eigenvalue weighted by Crippen LogP contribution is 1.86. The van der Waals surface area contributed by atoms with E-state index in [2.05, 4.69) is 10.6 Å². The smallest absolute Gasteiger partial charge is 0.233 e. The Balaban J connectivity index is 3.48. The van der Waals surface area contributed by atoms with Crippen LogP contribution in [-0.4, -0.2) is 46.0 Å². The van der Waals surface area contributed by atoms with Gasteiger partial charge in [0.2, 0.25) is 5.91 Å². The lowest BCUT2D eigenvalue weighted by molar-refractivity contribution is -0.120. The van der Waals surface area contributed by atoms with Gasteiger partial charge in [0.15, 0.2) is 0 Å². The average molecular weight is 236 g/mol. The van der Waals surface area contributed by atoms with Crippen LogP contribution >= 0.6 is 0 Å². The first kappa shape index (κ1) is 14.4. The van der Waals surface area contributed by atoms with Crippen molar-refractivity contribution in [3.05, 3.63) is 0 Å². The Hall–Kier alpha value is -0.620. The van der Waals surface area contributed by atoms with Gasteiger partial charge in [-0.15, -0.1) is 0 Å². The molecule has 0 unspecified atom stereocenters. The van der Waals surface area contributed by atoms with Crippen molar-refractivity contribution < 1.29 is 13.2 Å². The molecule has 0 aromatic carbocycles. The van der Waals surface area contributed by atoms with Gasteiger partial charge in [0, 0.05) is 19.3 Å². The molecule has 0 bridgehead atoms. The van der Waals surface area contributed by atoms with Crippen molar-refractivity contribution in [2.75, 3.05) is 31.6 Å². The maximum absolute atomic E-state index is 11.1. The maximum Gasteiger partial charge on any atom is 0.233 e. The fourth-order valence-electron chi connectivity index (χ4n) is 0.840. The van der Waals surface area contributed by atoms with E-state index >= 15 is 0 Å². The third kappa shape index (κ3) is 11.3. The van der Waals surface area contributed by atoms with Crippen LogP contribution in [0.2, 0.25) is 0 Å². The van der Waals surface area contributed by atoms with Gasteiger partial charge in [-0.1, -0.05) is 13.8 Å². The summed E-state index contributed by atoms with van der Waals surface area (Å²) in [6, 6.07) is 0. The Morgan fingerprint density at radius 3 is 2.40 bits per heavy atom. The summed E-state index contributed by atoms with van der Waals surface area (Å²) in [4.78, 5) is 11.1. The molecule has 6 heteroatoms. The van der Waals surface area contributed by atoms with E-state index in [4.69, 9.17) is 0 Å². The minimum Gasteiger partial charge on any atom is -0.355 e. The molecule has 15 heavy (non-hydrogen) atoms. The zero-order valence-electron chi connectivity index (χ0n) is 9.54. The summed E-state index contributed by atoms with van der Waals surface area (Å²) < 4.78 is 21.5. The van der Waals surface area contributed by atoms with E-state index in [9.17, 15) is 13.2 Å². The van der Waals surface area contributed by atoms with Crippen LogP contribution in [0, 0.1) is 5.92 Å². The molecule has 90 valence electrons. The van der Waals surface area contributed by atoms with Gasteiger partial charge in [-0.2, -0.15) is 0 Å². The van der Waals surface area contributed by atoms with E-state index in [0.29, 0.717) is 19.0 Å². The van der Waals surface area contributed by atoms with Crippen LogP contribution in [0.4, 0.5) is 0 Å². The van der Waals surface area contributed by atoms with Crippen molar-refractivity contribution in [3.63, 3.8) is 0 Å². The Labute approximate surface area is 91.5 Å². The van der Waals surface area contributed by atoms with Crippen molar-refractivity contribution in [2.45, 2.75) is 13.8 Å². The Morgan fingerprint density at radius 2 is 1.93 bits per heavy atom. The molecule has 0 aromatic heterocycles. The highest BCUT2D eigenvalue weighted by molar-refractivity contribution is 7.90. The number of hydrogen-bond acceptors (Lipinski definition) is 4. The van der Waals surface area contributed by atoms with Crippen LogP contribution in [0.25, 0.3) is 0 Å². The van der Waals surface area contributed by atoms with Gasteiger partial charge in [-0.25, -0.2) is 8.42 Å². The van der Waals surface area contributed by atoms with E-state index in [1.807, 2.05) is 13.8 Å². The van der Waals surface area contributed by atoms with Crippen molar-refractivity contribution in [1.82, 2.24) is 10.6 Å². The third-order valence-corrected chi connectivity index (χ3v) is 2.59. The molecular formula is C9H20N2O3S. The third-order valence-electron chi connectivity index (χ3n) is 1.64. The van der Waals surface area contributed by atoms with Gasteiger partial charge in [0.25, 0.3) is 0 Å². The Bertz CT molecular complexity index is 286. The molecule has 0 saturated carbocycles. The fraction of sp³-hybridized carbons (Fsp3) is 0.889. The zero-order chi connectivity index (χ0) is 11.9. The van der Waals surface area contributed by atoms with Crippen LogP contribution in [0.3, 0.4) is 0 Å². The molecule has 0 aliphatic rings. The second-order valence-electron chi connectivity index (χ2n) is 4.00. The molecule has 0 aliphatic heterocycles. The molecule has 0 atom stereocenters. The van der Waals surface area contributed by atoms with E-state index < -0.39 is 9.84 Å². The highest BCUT2D eigenvalue weighted by Gasteiger charge is 2.03. The van der Waals surface area contributed by atoms with Gasteiger partial charge >= 0.3 is 0 Å². The molecule has 0 rings (SSSR count). The van der Waals surface area contributed by atoms with Crippen molar-refractivity contribution in [1.29, 1.82) is 0 Å². The molecule has 5 nitrogen and oxygen atoms in total. The van der Waals surface area contributed by atoms with Crippen molar-refractivity contribution >= 4 is 15.7 Å². The molecule has 0 spiro atoms. The number of nitrogens with one attached hydrogen (secondary N) is 2. The quantitative estimate of drug-likeness (QED) is 0.578. The van der Waals surface area contributed by atoms with Crippen LogP contribution in [-0.2, 0) is 14.6 Å². The first-order chi connectivity index (χ1) is 6.81. The summed E-state index contributed by atoms with van der Waals surface area (Å²) in [5, 5.41) is 5.50. The average Bonchev–Trinajstić information content (AvgIpc) is 2.07. The zero-order valence-corrected chi connectivity index (χ0v) is 10.4. The molecule has 0 aromatic rings. The monoisotopic (exact) mass is 236 g/mol. The second kappa shape index (κ2) is 6.79. The van der Waals surface area contributed by atoms with Gasteiger partial charge in [0.05, 0.1) is 12.3 Å². The van der Waals surface area contributed by atoms with Crippen molar-refractivity contribution in [3.8, 4) is 0 Å². The maximum atomic E-state index is 11.1. The van der Waals surface area contributed by atoms with E-state index in [1.54, 1.807) is 0 Å². The first-order valence-electron chi connectivity index (χ1n) is 4.96. The van der Waals surface area contributed by atoms with Crippen LogP contribution in [0.5, 0.6) is 0 Å². The summed E-state index contributed by atoms with van der Waals surface area (Å²) in [6.45, 7) is 5.15. The number of hydrogen-bond donors (Lipinski definition) is 2. The molecular weight excluding hydrogens is 216 g/mol. The lowest BCUT2D eigenvalue weighted by Crippen LogP contribution is -2.37. The van der Waals surface area contributed by atoms with Gasteiger partial charge in [-0.05, 0) is 5.92 Å². The van der Waals surface area contributed by atoms with Gasteiger partial charge < -0.3 is 10.6 Å². The molecule has 2 N–H and O–H groups in total. The van der Waals surface area contributed by atoms with Crippen LogP contribution < -0.4 is 10.6 Å². The first-order valence-corrected chi connectivity index (χ1v) is 7.02. The Kier molecular flexibility index (Phi) is 6.51. The normalized spacial score (nSPS) is 11.7. The number of sulfone groups is 1. The largest absolute Gasteiger partial charge is 0.355 e. The van der Waals surface area contributed by atoms with E-state index in [1.165, 1.54) is 6.26 Å². The number of amides is 1. The van der Waals surface area contributed by atoms with Gasteiger partial charge in [0.1, 0.15) is 9.84 Å². The summed E-state index contributed by atoms with van der Waals surface area (Å²) in [7, 11) is -2.94. The minimum atomic E-state index is -2.94. The van der Waals surface area contributed by atoms with E-state index in [-0.39, 0.29) is 18.2 Å². The standard InChI is InChI=1S/C9H20N2O3S/c1-8(2)6-11-9(12)7-10-4-5-15(3,13)14/h8,10H,4-7H2,1-3H3,(H,11,12). The minimum absolute atomic E-state index is 0.0600. The topological polar surface area (TPSA) is 75.3 Å². The highest BCUT2D eigenvalue weighted by atomic mass is 32.2. The molecule has 0 heterocycles. The molecule has 0 saturated heterocycles. The van der Waals surface area contributed by atoms with Crippen molar-refractivity contribution in [2.24, 2.45) is 5.92 Å². The summed E-state index contributed by atoms with van der Waals surface area (Å²) >= 11 is 0. The summed E-state index contributed by atoms with van der Waals surface area (Å²) in [5.74, 6) is 0.381. The fourth-order valence-corrected chi connectivity index (χ4v) is 1.36. The summed E-state index contributed by atoms with van der Waals surface area (Å²) in [5.41, 5.74) is 0. The van der Waals surface area contributed by atoms with E-state index in [0.717, 1.165) is 0 Å².